The van der Waals surface area contributed by atoms with Gasteiger partial charge in [0.2, 0.25) is 6.29 Å². The quantitative estimate of drug-likeness (QED) is 0.399. The zero-order chi connectivity index (χ0) is 19.3. The number of allylic oxidation sites excluding steroid dienone is 2. The number of ether oxygens (including phenoxy) is 3. The third-order valence-electron chi connectivity index (χ3n) is 10.1. The van der Waals surface area contributed by atoms with Crippen molar-refractivity contribution in [1.82, 2.24) is 0 Å². The summed E-state index contributed by atoms with van der Waals surface area (Å²) in [4.78, 5) is 12.5. The van der Waals surface area contributed by atoms with Gasteiger partial charge in [-0.15, -0.1) is 0 Å². The second kappa shape index (κ2) is 6.00. The fourth-order valence-electron chi connectivity index (χ4n) is 9.60. The van der Waals surface area contributed by atoms with Crippen LogP contribution in [0, 0.1) is 76.4 Å². The van der Waals surface area contributed by atoms with Crippen LogP contribution in [0.15, 0.2) is 12.2 Å². The number of hydrogen-bond donors (Lipinski definition) is 0. The molecule has 13 atom stereocenters. The van der Waals surface area contributed by atoms with Gasteiger partial charge in [0.05, 0.1) is 18.6 Å². The SMILES string of the molecule is N#CC1C2CC(C1OC(=O)OC1CCCCO1)C1C3CC(C4C5C=CC(C5)C34)C21. The van der Waals surface area contributed by atoms with Crippen LogP contribution in [0.3, 0.4) is 0 Å². The van der Waals surface area contributed by atoms with Crippen molar-refractivity contribution in [3.63, 3.8) is 0 Å². The van der Waals surface area contributed by atoms with Gasteiger partial charge in [0.25, 0.3) is 0 Å². The van der Waals surface area contributed by atoms with E-state index < -0.39 is 12.4 Å². The highest BCUT2D eigenvalue weighted by molar-refractivity contribution is 5.60. The van der Waals surface area contributed by atoms with Crippen LogP contribution in [-0.4, -0.2) is 25.2 Å². The van der Waals surface area contributed by atoms with Crippen LogP contribution >= 0.6 is 0 Å². The Morgan fingerprint density at radius 2 is 1.62 bits per heavy atom. The van der Waals surface area contributed by atoms with Gasteiger partial charge in [-0.25, -0.2) is 4.79 Å². The summed E-state index contributed by atoms with van der Waals surface area (Å²) in [5, 5.41) is 9.96. The summed E-state index contributed by atoms with van der Waals surface area (Å²) in [6.45, 7) is 0.638. The average molecular weight is 395 g/mol. The Morgan fingerprint density at radius 1 is 0.897 bits per heavy atom. The molecule has 0 aromatic rings. The molecule has 13 unspecified atom stereocenters. The standard InChI is InChI=1S/C24H29NO4/c25-10-17-13-8-16(23(17)29-24(26)28-18-3-1-2-6-27-18)22-15-9-14(21(13)22)19-11-4-5-12(7-11)20(15)19/h4-5,11-23H,1-3,6-9H2. The Morgan fingerprint density at radius 3 is 2.31 bits per heavy atom. The van der Waals surface area contributed by atoms with E-state index in [4.69, 9.17) is 14.2 Å². The van der Waals surface area contributed by atoms with Crippen molar-refractivity contribution in [2.75, 3.05) is 6.61 Å². The molecule has 0 N–H and O–H groups in total. The third kappa shape index (κ3) is 2.17. The molecule has 6 fully saturated rings. The minimum absolute atomic E-state index is 0.159. The van der Waals surface area contributed by atoms with Gasteiger partial charge < -0.3 is 14.2 Å². The maximum atomic E-state index is 12.5. The Balaban J connectivity index is 1.11. The second-order valence-corrected chi connectivity index (χ2v) is 10.8. The predicted octanol–water partition coefficient (Wildman–Crippen LogP) is 4.14. The summed E-state index contributed by atoms with van der Waals surface area (Å²) >= 11 is 0. The van der Waals surface area contributed by atoms with E-state index in [0.29, 0.717) is 30.3 Å². The molecule has 5 saturated carbocycles. The molecule has 0 amide bonds. The van der Waals surface area contributed by atoms with Gasteiger partial charge in [-0.05, 0) is 85.4 Å². The Kier molecular flexibility index (Phi) is 3.55. The highest BCUT2D eigenvalue weighted by Gasteiger charge is 2.73. The lowest BCUT2D eigenvalue weighted by Crippen LogP contribution is -2.47. The normalized spacial score (nSPS) is 57.6. The first-order valence-electron chi connectivity index (χ1n) is 11.8. The molecule has 5 nitrogen and oxygen atoms in total. The zero-order valence-electron chi connectivity index (χ0n) is 16.7. The maximum absolute atomic E-state index is 12.5. The molecule has 1 saturated heterocycles. The van der Waals surface area contributed by atoms with Crippen LogP contribution < -0.4 is 0 Å². The van der Waals surface area contributed by atoms with E-state index in [9.17, 15) is 10.1 Å². The molecule has 6 bridgehead atoms. The lowest BCUT2D eigenvalue weighted by molar-refractivity contribution is -0.152. The van der Waals surface area contributed by atoms with Crippen molar-refractivity contribution in [3.8, 4) is 6.07 Å². The first-order chi connectivity index (χ1) is 14.2. The number of rotatable bonds is 2. The minimum Gasteiger partial charge on any atom is -0.429 e. The number of nitrogens with zero attached hydrogens (tertiary/aromatic N) is 1. The van der Waals surface area contributed by atoms with E-state index in [0.717, 1.165) is 61.2 Å². The first-order valence-corrected chi connectivity index (χ1v) is 11.8. The van der Waals surface area contributed by atoms with Gasteiger partial charge >= 0.3 is 6.16 Å². The minimum atomic E-state index is -0.630. The molecule has 0 aromatic heterocycles. The topological polar surface area (TPSA) is 68.5 Å². The zero-order valence-corrected chi connectivity index (χ0v) is 16.7. The predicted molar refractivity (Wildman–Crippen MR) is 102 cm³/mol. The molecule has 0 radical (unpaired) electrons. The largest absolute Gasteiger partial charge is 0.510 e. The summed E-state index contributed by atoms with van der Waals surface area (Å²) in [6.07, 6.45) is 10.2. The van der Waals surface area contributed by atoms with Crippen LogP contribution in [0.1, 0.15) is 38.5 Å². The van der Waals surface area contributed by atoms with Gasteiger partial charge in [-0.1, -0.05) is 12.2 Å². The van der Waals surface area contributed by atoms with E-state index in [2.05, 4.69) is 18.2 Å². The van der Waals surface area contributed by atoms with Gasteiger partial charge in [-0.3, -0.25) is 0 Å². The second-order valence-electron chi connectivity index (χ2n) is 10.8. The number of hydrogen-bond acceptors (Lipinski definition) is 5. The van der Waals surface area contributed by atoms with Crippen molar-refractivity contribution >= 4 is 6.16 Å². The Hall–Kier alpha value is -1.54. The van der Waals surface area contributed by atoms with Crippen LogP contribution in [0.25, 0.3) is 0 Å². The lowest BCUT2D eigenvalue weighted by atomic mass is 9.59. The first kappa shape index (κ1) is 17.2. The Bertz CT molecular complexity index is 797. The highest BCUT2D eigenvalue weighted by atomic mass is 16.8. The molecule has 7 rings (SSSR count). The smallest absolute Gasteiger partial charge is 0.429 e. The van der Waals surface area contributed by atoms with Gasteiger partial charge in [0.1, 0.15) is 6.10 Å². The molecular weight excluding hydrogens is 366 g/mol. The van der Waals surface area contributed by atoms with Gasteiger partial charge in [0, 0.05) is 12.3 Å². The third-order valence-corrected chi connectivity index (χ3v) is 10.1. The molecule has 1 heterocycles. The van der Waals surface area contributed by atoms with Crippen molar-refractivity contribution in [1.29, 1.82) is 5.26 Å². The number of fused-ring (bicyclic) bond motifs is 16. The fraction of sp³-hybridized carbons (Fsp3) is 0.833. The molecule has 0 aromatic carbocycles. The average Bonchev–Trinajstić information content (AvgIpc) is 3.54. The molecule has 1 aliphatic heterocycles. The molecule has 6 aliphatic carbocycles. The molecule has 29 heavy (non-hydrogen) atoms. The van der Waals surface area contributed by atoms with Crippen molar-refractivity contribution in [3.05, 3.63) is 12.2 Å². The van der Waals surface area contributed by atoms with Crippen molar-refractivity contribution in [2.24, 2.45) is 65.1 Å². The summed E-state index contributed by atoms with van der Waals surface area (Å²) in [6, 6.07) is 2.54. The van der Waals surface area contributed by atoms with E-state index in [1.54, 1.807) is 0 Å². The molecule has 7 aliphatic rings. The van der Waals surface area contributed by atoms with Crippen LogP contribution in [-0.2, 0) is 14.2 Å². The summed E-state index contributed by atoms with van der Waals surface area (Å²) in [5.41, 5.74) is 0. The van der Waals surface area contributed by atoms with Gasteiger partial charge in [0.15, 0.2) is 0 Å². The number of carbonyl (C=O) groups is 1. The van der Waals surface area contributed by atoms with Crippen LogP contribution in [0.4, 0.5) is 4.79 Å². The highest BCUT2D eigenvalue weighted by Crippen LogP contribution is 2.76. The molecule has 0 spiro atoms. The van der Waals surface area contributed by atoms with Crippen molar-refractivity contribution < 1.29 is 19.0 Å². The van der Waals surface area contributed by atoms with E-state index in [1.165, 1.54) is 12.8 Å². The lowest BCUT2D eigenvalue weighted by Gasteiger charge is -2.46. The van der Waals surface area contributed by atoms with Crippen LogP contribution in [0.5, 0.6) is 0 Å². The Labute approximate surface area is 171 Å². The summed E-state index contributed by atoms with van der Waals surface area (Å²) in [5.74, 6) is 6.89. The van der Waals surface area contributed by atoms with E-state index in [-0.39, 0.29) is 12.0 Å². The summed E-state index contributed by atoms with van der Waals surface area (Å²) in [7, 11) is 0. The van der Waals surface area contributed by atoms with Crippen LogP contribution in [0.2, 0.25) is 0 Å². The van der Waals surface area contributed by atoms with Gasteiger partial charge in [-0.2, -0.15) is 5.26 Å². The van der Waals surface area contributed by atoms with E-state index >= 15 is 0 Å². The van der Waals surface area contributed by atoms with E-state index in [1.807, 2.05) is 0 Å². The monoisotopic (exact) mass is 395 g/mol. The molecule has 154 valence electrons. The molecule has 5 heteroatoms. The number of nitriles is 1. The van der Waals surface area contributed by atoms with Crippen molar-refractivity contribution in [2.45, 2.75) is 50.9 Å². The summed E-state index contributed by atoms with van der Waals surface area (Å²) < 4.78 is 16.8. The maximum Gasteiger partial charge on any atom is 0.510 e. The molecular formula is C24H29NO4. The fourth-order valence-corrected chi connectivity index (χ4v) is 9.60. The number of carbonyl (C=O) groups excluding carboxylic acids is 1.